The van der Waals surface area contributed by atoms with Crippen molar-refractivity contribution in [1.82, 2.24) is 15.6 Å². The summed E-state index contributed by atoms with van der Waals surface area (Å²) in [5.41, 5.74) is 1.69. The topological polar surface area (TPSA) is 71.7 Å². The van der Waals surface area contributed by atoms with Crippen molar-refractivity contribution in [3.05, 3.63) is 72.4 Å². The number of halogens is 1. The third kappa shape index (κ3) is 5.81. The summed E-state index contributed by atoms with van der Waals surface area (Å²) in [6, 6.07) is 16.1. The quantitative estimate of drug-likeness (QED) is 0.445. The van der Waals surface area contributed by atoms with E-state index in [0.717, 1.165) is 17.7 Å². The predicted octanol–water partition coefficient (Wildman–Crippen LogP) is 4.00. The molecular weight excluding hydrogens is 371 g/mol. The van der Waals surface area contributed by atoms with E-state index in [-0.39, 0.29) is 17.7 Å². The van der Waals surface area contributed by atoms with E-state index in [1.807, 2.05) is 37.3 Å². The van der Waals surface area contributed by atoms with Gasteiger partial charge in [0.25, 0.3) is 0 Å². The van der Waals surface area contributed by atoms with Crippen molar-refractivity contribution in [1.29, 1.82) is 0 Å². The molecule has 2 aromatic carbocycles. The second-order valence-corrected chi connectivity index (χ2v) is 6.40. The van der Waals surface area contributed by atoms with Crippen LogP contribution in [0.25, 0.3) is 11.5 Å². The summed E-state index contributed by atoms with van der Waals surface area (Å²) in [4.78, 5) is 8.69. The molecule has 0 saturated carbocycles. The van der Waals surface area contributed by atoms with Crippen LogP contribution in [0.4, 0.5) is 4.39 Å². The van der Waals surface area contributed by atoms with Gasteiger partial charge in [0.2, 0.25) is 5.89 Å². The summed E-state index contributed by atoms with van der Waals surface area (Å²) < 4.78 is 25.1. The molecule has 0 saturated heterocycles. The molecule has 1 aromatic heterocycles. The molecule has 7 heteroatoms. The first-order chi connectivity index (χ1) is 14.2. The zero-order valence-corrected chi connectivity index (χ0v) is 16.6. The van der Waals surface area contributed by atoms with Gasteiger partial charge in [-0.3, -0.25) is 4.99 Å². The van der Waals surface area contributed by atoms with E-state index in [4.69, 9.17) is 9.15 Å². The van der Waals surface area contributed by atoms with Crippen molar-refractivity contribution < 1.29 is 13.5 Å². The smallest absolute Gasteiger partial charge is 0.226 e. The maximum absolute atomic E-state index is 13.8. The van der Waals surface area contributed by atoms with Crippen molar-refractivity contribution in [2.75, 3.05) is 13.6 Å². The molecule has 29 heavy (non-hydrogen) atoms. The number of nitrogens with zero attached hydrogens (tertiary/aromatic N) is 2. The molecule has 6 nitrogen and oxygen atoms in total. The number of aliphatic imine (C=N–C) groups is 1. The lowest BCUT2D eigenvalue weighted by atomic mass is 10.2. The predicted molar refractivity (Wildman–Crippen MR) is 111 cm³/mol. The Kier molecular flexibility index (Phi) is 7.22. The lowest BCUT2D eigenvalue weighted by Crippen LogP contribution is -2.42. The third-order valence-electron chi connectivity index (χ3n) is 4.32. The summed E-state index contributed by atoms with van der Waals surface area (Å²) in [6.07, 6.45) is 2.16. The van der Waals surface area contributed by atoms with Crippen molar-refractivity contribution in [3.63, 3.8) is 0 Å². The number of para-hydroxylation sites is 1. The van der Waals surface area contributed by atoms with Gasteiger partial charge in [-0.2, -0.15) is 0 Å². The maximum atomic E-state index is 13.8. The van der Waals surface area contributed by atoms with E-state index in [2.05, 4.69) is 20.6 Å². The van der Waals surface area contributed by atoms with E-state index in [1.165, 1.54) is 6.07 Å². The van der Waals surface area contributed by atoms with Crippen molar-refractivity contribution in [3.8, 4) is 17.2 Å². The number of ether oxygens (including phenoxy) is 1. The lowest BCUT2D eigenvalue weighted by molar-refractivity contribution is 0.191. The highest BCUT2D eigenvalue weighted by Crippen LogP contribution is 2.18. The Morgan fingerprint density at radius 1 is 1.14 bits per heavy atom. The van der Waals surface area contributed by atoms with Crippen LogP contribution in [-0.2, 0) is 6.54 Å². The van der Waals surface area contributed by atoms with Crippen LogP contribution in [-0.4, -0.2) is 30.6 Å². The molecule has 0 radical (unpaired) electrons. The molecule has 1 atom stereocenters. The summed E-state index contributed by atoms with van der Waals surface area (Å²) in [6.45, 7) is 2.93. The number of hydrogen-bond acceptors (Lipinski definition) is 4. The Bertz CT molecular complexity index is 927. The second kappa shape index (κ2) is 10.3. The van der Waals surface area contributed by atoms with E-state index in [9.17, 15) is 4.39 Å². The average molecular weight is 396 g/mol. The first-order valence-electron chi connectivity index (χ1n) is 9.55. The van der Waals surface area contributed by atoms with Crippen molar-refractivity contribution in [2.24, 2.45) is 4.99 Å². The van der Waals surface area contributed by atoms with Crippen LogP contribution in [0.2, 0.25) is 0 Å². The normalized spacial score (nSPS) is 12.4. The first-order valence-corrected chi connectivity index (χ1v) is 9.55. The molecular formula is C22H25FN4O2. The zero-order valence-electron chi connectivity index (χ0n) is 16.6. The molecule has 0 aliphatic heterocycles. The molecule has 1 unspecified atom stereocenters. The minimum Gasteiger partial charge on any atom is -0.486 e. The highest BCUT2D eigenvalue weighted by molar-refractivity contribution is 5.79. The van der Waals surface area contributed by atoms with Gasteiger partial charge in [0, 0.05) is 12.6 Å². The molecule has 0 bridgehead atoms. The molecule has 3 rings (SSSR count). The Balaban J connectivity index is 1.50. The van der Waals surface area contributed by atoms with E-state index < -0.39 is 0 Å². The fourth-order valence-electron chi connectivity index (χ4n) is 2.70. The number of hydrogen-bond donors (Lipinski definition) is 2. The van der Waals surface area contributed by atoms with Crippen molar-refractivity contribution >= 4 is 5.96 Å². The SMILES string of the molecule is CCC(CNC(=NC)NCc1coc(-c2ccccc2)n1)Oc1ccccc1F. The molecule has 0 aliphatic carbocycles. The van der Waals surface area contributed by atoms with Gasteiger partial charge in [-0.25, -0.2) is 9.37 Å². The Morgan fingerprint density at radius 2 is 1.90 bits per heavy atom. The number of guanidine groups is 1. The lowest BCUT2D eigenvalue weighted by Gasteiger charge is -2.20. The first kappa shape index (κ1) is 20.4. The van der Waals surface area contributed by atoms with Crippen LogP contribution < -0.4 is 15.4 Å². The largest absolute Gasteiger partial charge is 0.486 e. The van der Waals surface area contributed by atoms with E-state index in [0.29, 0.717) is 24.9 Å². The fraction of sp³-hybridized carbons (Fsp3) is 0.273. The minimum absolute atomic E-state index is 0.192. The molecule has 0 amide bonds. The van der Waals surface area contributed by atoms with Crippen LogP contribution in [0, 0.1) is 5.82 Å². The molecule has 3 aromatic rings. The number of nitrogens with one attached hydrogen (secondary N) is 2. The minimum atomic E-state index is -0.367. The van der Waals surface area contributed by atoms with Crippen molar-refractivity contribution in [2.45, 2.75) is 26.0 Å². The van der Waals surface area contributed by atoms with Crippen LogP contribution in [0.15, 0.2) is 70.3 Å². The molecule has 0 fully saturated rings. The highest BCUT2D eigenvalue weighted by Gasteiger charge is 2.12. The van der Waals surface area contributed by atoms with Gasteiger partial charge < -0.3 is 19.8 Å². The number of oxazole rings is 1. The van der Waals surface area contributed by atoms with E-state index >= 15 is 0 Å². The van der Waals surface area contributed by atoms with Gasteiger partial charge in [0.1, 0.15) is 12.4 Å². The van der Waals surface area contributed by atoms with Gasteiger partial charge in [0.15, 0.2) is 17.5 Å². The van der Waals surface area contributed by atoms with Crippen LogP contribution in [0.5, 0.6) is 5.75 Å². The third-order valence-corrected chi connectivity index (χ3v) is 4.32. The monoisotopic (exact) mass is 396 g/mol. The zero-order chi connectivity index (χ0) is 20.5. The summed E-state index contributed by atoms with van der Waals surface area (Å²) in [7, 11) is 1.69. The standard InChI is InChI=1S/C22H25FN4O2/c1-3-18(29-20-12-8-7-11-19(20)23)14-26-22(24-2)25-13-17-15-28-21(27-17)16-9-5-4-6-10-16/h4-12,15,18H,3,13-14H2,1-2H3,(H2,24,25,26). The summed E-state index contributed by atoms with van der Waals surface area (Å²) >= 11 is 0. The maximum Gasteiger partial charge on any atom is 0.226 e. The van der Waals surface area contributed by atoms with Gasteiger partial charge in [-0.1, -0.05) is 37.3 Å². The number of benzene rings is 2. The van der Waals surface area contributed by atoms with Gasteiger partial charge in [0.05, 0.1) is 18.8 Å². The summed E-state index contributed by atoms with van der Waals surface area (Å²) in [5.74, 6) is 1.06. The van der Waals surface area contributed by atoms with Crippen LogP contribution in [0.3, 0.4) is 0 Å². The summed E-state index contributed by atoms with van der Waals surface area (Å²) in [5, 5.41) is 6.39. The average Bonchev–Trinajstić information content (AvgIpc) is 3.24. The number of aromatic nitrogens is 1. The second-order valence-electron chi connectivity index (χ2n) is 6.40. The highest BCUT2D eigenvalue weighted by atomic mass is 19.1. The molecule has 0 aliphatic rings. The Hall–Kier alpha value is -3.35. The molecule has 2 N–H and O–H groups in total. The van der Waals surface area contributed by atoms with Gasteiger partial charge >= 0.3 is 0 Å². The Morgan fingerprint density at radius 3 is 2.62 bits per heavy atom. The van der Waals surface area contributed by atoms with Gasteiger partial charge in [-0.05, 0) is 30.7 Å². The fourth-order valence-corrected chi connectivity index (χ4v) is 2.70. The molecule has 152 valence electrons. The number of rotatable bonds is 8. The van der Waals surface area contributed by atoms with Gasteiger partial charge in [-0.15, -0.1) is 0 Å². The van der Waals surface area contributed by atoms with Crippen LogP contribution >= 0.6 is 0 Å². The Labute approximate surface area is 169 Å². The van der Waals surface area contributed by atoms with E-state index in [1.54, 1.807) is 31.5 Å². The molecule has 1 heterocycles. The van der Waals surface area contributed by atoms with Crippen LogP contribution in [0.1, 0.15) is 19.0 Å². The molecule has 0 spiro atoms.